The first-order valence-corrected chi connectivity index (χ1v) is 7.72. The molecule has 0 saturated heterocycles. The van der Waals surface area contributed by atoms with Crippen LogP contribution in [0.1, 0.15) is 11.1 Å². The number of fused-ring (bicyclic) bond motifs is 1. The number of carbonyl (C=O) groups excluding carboxylic acids is 1. The zero-order valence-electron chi connectivity index (χ0n) is 13.8. The molecule has 0 spiro atoms. The Balaban J connectivity index is 0.000000223. The standard InChI is InChI=1S/C9H10F3N3O2.C8H8O/c10-9(11,12)5-17-7-3-6(1-2-14-7)4-15-8(13)16;1-2-4-8-7(3-1)5-6-9-8/h1-3H,4-5H2,(H3,13,15,16);1-4H,5-6H2. The molecule has 0 atom stereocenters. The number of ether oxygens (including phenoxy) is 2. The van der Waals surface area contributed by atoms with Crippen molar-refractivity contribution < 1.29 is 27.4 Å². The fourth-order valence-electron chi connectivity index (χ4n) is 2.11. The Hall–Kier alpha value is -2.97. The summed E-state index contributed by atoms with van der Waals surface area (Å²) >= 11 is 0. The lowest BCUT2D eigenvalue weighted by Gasteiger charge is -2.09. The van der Waals surface area contributed by atoms with Crippen LogP contribution < -0.4 is 20.5 Å². The average molecular weight is 369 g/mol. The minimum Gasteiger partial charge on any atom is -0.493 e. The van der Waals surface area contributed by atoms with Crippen LogP contribution in [-0.4, -0.2) is 30.4 Å². The fraction of sp³-hybridized carbons (Fsp3) is 0.294. The van der Waals surface area contributed by atoms with Gasteiger partial charge in [-0.1, -0.05) is 18.2 Å². The Labute approximate surface area is 148 Å². The van der Waals surface area contributed by atoms with Gasteiger partial charge in [-0.15, -0.1) is 0 Å². The number of hydrogen-bond donors (Lipinski definition) is 2. The van der Waals surface area contributed by atoms with E-state index < -0.39 is 18.8 Å². The first-order valence-electron chi connectivity index (χ1n) is 7.72. The number of primary amides is 1. The Morgan fingerprint density at radius 2 is 2.08 bits per heavy atom. The topological polar surface area (TPSA) is 86.5 Å². The average Bonchev–Trinajstić information content (AvgIpc) is 3.07. The number of benzene rings is 1. The van der Waals surface area contributed by atoms with Crippen LogP contribution in [0.4, 0.5) is 18.0 Å². The molecule has 9 heteroatoms. The number of pyridine rings is 1. The van der Waals surface area contributed by atoms with E-state index >= 15 is 0 Å². The zero-order valence-corrected chi connectivity index (χ0v) is 13.8. The Morgan fingerprint density at radius 1 is 1.31 bits per heavy atom. The maximum absolute atomic E-state index is 11.9. The predicted molar refractivity (Wildman–Crippen MR) is 87.9 cm³/mol. The molecule has 2 heterocycles. The Morgan fingerprint density at radius 3 is 2.77 bits per heavy atom. The minimum atomic E-state index is -4.41. The summed E-state index contributed by atoms with van der Waals surface area (Å²) in [7, 11) is 0. The van der Waals surface area contributed by atoms with Gasteiger partial charge in [-0.05, 0) is 23.3 Å². The van der Waals surface area contributed by atoms with Gasteiger partial charge in [0.1, 0.15) is 5.75 Å². The first-order chi connectivity index (χ1) is 12.3. The summed E-state index contributed by atoms with van der Waals surface area (Å²) in [6.07, 6.45) is -2.05. The van der Waals surface area contributed by atoms with Crippen molar-refractivity contribution in [2.45, 2.75) is 19.1 Å². The van der Waals surface area contributed by atoms with E-state index in [1.165, 1.54) is 23.9 Å². The SMILES string of the molecule is NC(=O)NCc1ccnc(OCC(F)(F)F)c1.c1ccc2c(c1)CCO2. The molecule has 26 heavy (non-hydrogen) atoms. The van der Waals surface area contributed by atoms with E-state index in [4.69, 9.17) is 10.5 Å². The molecule has 0 bridgehead atoms. The van der Waals surface area contributed by atoms with Crippen LogP contribution >= 0.6 is 0 Å². The number of alkyl halides is 3. The van der Waals surface area contributed by atoms with E-state index in [9.17, 15) is 18.0 Å². The quantitative estimate of drug-likeness (QED) is 0.868. The highest BCUT2D eigenvalue weighted by Gasteiger charge is 2.28. The van der Waals surface area contributed by atoms with Crippen LogP contribution in [0, 0.1) is 0 Å². The molecule has 6 nitrogen and oxygen atoms in total. The molecule has 3 rings (SSSR count). The van der Waals surface area contributed by atoms with Gasteiger partial charge in [-0.25, -0.2) is 9.78 Å². The van der Waals surface area contributed by atoms with Gasteiger partial charge in [0.05, 0.1) is 6.61 Å². The highest BCUT2D eigenvalue weighted by molar-refractivity contribution is 5.71. The maximum atomic E-state index is 11.9. The van der Waals surface area contributed by atoms with Gasteiger partial charge in [-0.3, -0.25) is 0 Å². The third-order valence-corrected chi connectivity index (χ3v) is 3.25. The molecule has 2 amide bonds. The van der Waals surface area contributed by atoms with Crippen molar-refractivity contribution in [3.8, 4) is 11.6 Å². The van der Waals surface area contributed by atoms with Gasteiger partial charge >= 0.3 is 12.2 Å². The van der Waals surface area contributed by atoms with E-state index in [0.717, 1.165) is 18.8 Å². The summed E-state index contributed by atoms with van der Waals surface area (Å²) < 4.78 is 45.3. The molecule has 0 radical (unpaired) electrons. The van der Waals surface area contributed by atoms with Gasteiger partial charge in [0.2, 0.25) is 5.88 Å². The summed E-state index contributed by atoms with van der Waals surface area (Å²) in [6.45, 7) is -0.452. The van der Waals surface area contributed by atoms with Crippen LogP contribution in [0.5, 0.6) is 11.6 Å². The van der Waals surface area contributed by atoms with Crippen molar-refractivity contribution in [3.05, 3.63) is 53.7 Å². The van der Waals surface area contributed by atoms with Crippen LogP contribution in [0.3, 0.4) is 0 Å². The summed E-state index contributed by atoms with van der Waals surface area (Å²) in [4.78, 5) is 14.0. The van der Waals surface area contributed by atoms with E-state index in [2.05, 4.69) is 21.1 Å². The number of hydrogen-bond acceptors (Lipinski definition) is 4. The van der Waals surface area contributed by atoms with Gasteiger partial charge in [0.15, 0.2) is 6.61 Å². The first kappa shape index (κ1) is 19.4. The Kier molecular flexibility index (Phi) is 6.65. The highest BCUT2D eigenvalue weighted by Crippen LogP contribution is 2.23. The van der Waals surface area contributed by atoms with E-state index in [-0.39, 0.29) is 12.4 Å². The van der Waals surface area contributed by atoms with Gasteiger partial charge < -0.3 is 20.5 Å². The third kappa shape index (κ3) is 6.88. The van der Waals surface area contributed by atoms with Crippen molar-refractivity contribution >= 4 is 6.03 Å². The second-order valence-electron chi connectivity index (χ2n) is 5.33. The zero-order chi connectivity index (χ0) is 19.0. The summed E-state index contributed by atoms with van der Waals surface area (Å²) in [6, 6.07) is 10.3. The third-order valence-electron chi connectivity index (χ3n) is 3.25. The van der Waals surface area contributed by atoms with Crippen LogP contribution in [0.25, 0.3) is 0 Å². The van der Waals surface area contributed by atoms with Crippen molar-refractivity contribution in [2.24, 2.45) is 5.73 Å². The van der Waals surface area contributed by atoms with Gasteiger partial charge in [0.25, 0.3) is 0 Å². The molecule has 1 aliphatic heterocycles. The van der Waals surface area contributed by atoms with Crippen LogP contribution in [0.2, 0.25) is 0 Å². The monoisotopic (exact) mass is 369 g/mol. The van der Waals surface area contributed by atoms with Crippen LogP contribution in [0.15, 0.2) is 42.6 Å². The second-order valence-corrected chi connectivity index (χ2v) is 5.33. The lowest BCUT2D eigenvalue weighted by molar-refractivity contribution is -0.154. The molecule has 1 aliphatic rings. The molecule has 1 aromatic carbocycles. The lowest BCUT2D eigenvalue weighted by atomic mass is 10.2. The number of nitrogens with two attached hydrogens (primary N) is 1. The lowest BCUT2D eigenvalue weighted by Crippen LogP contribution is -2.28. The highest BCUT2D eigenvalue weighted by atomic mass is 19.4. The normalized spacial score (nSPS) is 12.3. The molecule has 2 aromatic rings. The Bertz CT molecular complexity index is 715. The smallest absolute Gasteiger partial charge is 0.422 e. The number of urea groups is 1. The number of nitrogens with one attached hydrogen (secondary N) is 1. The molecule has 140 valence electrons. The molecule has 0 unspecified atom stereocenters. The number of para-hydroxylation sites is 1. The fourth-order valence-corrected chi connectivity index (χ4v) is 2.11. The van der Waals surface area contributed by atoms with Crippen molar-refractivity contribution in [1.82, 2.24) is 10.3 Å². The van der Waals surface area contributed by atoms with Crippen molar-refractivity contribution in [3.63, 3.8) is 0 Å². The molecule has 1 aromatic heterocycles. The van der Waals surface area contributed by atoms with Gasteiger partial charge in [0, 0.05) is 25.2 Å². The summed E-state index contributed by atoms with van der Waals surface area (Å²) in [5.74, 6) is 0.906. The molecular formula is C17H18F3N3O3. The van der Waals surface area contributed by atoms with Crippen molar-refractivity contribution in [1.29, 1.82) is 0 Å². The van der Waals surface area contributed by atoms with E-state index in [1.807, 2.05) is 18.2 Å². The minimum absolute atomic E-state index is 0.0975. The largest absolute Gasteiger partial charge is 0.493 e. The maximum Gasteiger partial charge on any atom is 0.422 e. The van der Waals surface area contributed by atoms with Crippen LogP contribution in [-0.2, 0) is 13.0 Å². The molecule has 0 saturated carbocycles. The number of aromatic nitrogens is 1. The van der Waals surface area contributed by atoms with Gasteiger partial charge in [-0.2, -0.15) is 13.2 Å². The molecule has 0 fully saturated rings. The number of amides is 2. The second kappa shape index (κ2) is 8.93. The predicted octanol–water partition coefficient (Wildman–Crippen LogP) is 2.81. The molecular weight excluding hydrogens is 351 g/mol. The number of halogens is 3. The molecule has 0 aliphatic carbocycles. The van der Waals surface area contributed by atoms with Crippen molar-refractivity contribution in [2.75, 3.05) is 13.2 Å². The van der Waals surface area contributed by atoms with E-state index in [0.29, 0.717) is 5.56 Å². The number of carbonyl (C=O) groups is 1. The summed E-state index contributed by atoms with van der Waals surface area (Å²) in [5.41, 5.74) is 6.73. The number of nitrogens with zero attached hydrogens (tertiary/aromatic N) is 1. The summed E-state index contributed by atoms with van der Waals surface area (Å²) in [5, 5.41) is 2.29. The molecule has 3 N–H and O–H groups in total. The van der Waals surface area contributed by atoms with E-state index in [1.54, 1.807) is 0 Å². The number of rotatable bonds is 4.